The minimum atomic E-state index is -3.99. The summed E-state index contributed by atoms with van der Waals surface area (Å²) in [5.74, 6) is 0.266. The van der Waals surface area contributed by atoms with Crippen molar-refractivity contribution in [3.63, 3.8) is 0 Å². The van der Waals surface area contributed by atoms with E-state index in [0.717, 1.165) is 27.6 Å². The van der Waals surface area contributed by atoms with E-state index < -0.39 is 10.0 Å². The zero-order valence-electron chi connectivity index (χ0n) is 21.6. The van der Waals surface area contributed by atoms with Crippen LogP contribution in [0.5, 0.6) is 5.75 Å². The predicted molar refractivity (Wildman–Crippen MR) is 150 cm³/mol. The van der Waals surface area contributed by atoms with Crippen molar-refractivity contribution < 1.29 is 17.9 Å². The van der Waals surface area contributed by atoms with Crippen LogP contribution in [0.1, 0.15) is 49.4 Å². The fourth-order valence-corrected chi connectivity index (χ4v) is 6.42. The van der Waals surface area contributed by atoms with Crippen LogP contribution in [0.2, 0.25) is 0 Å². The first-order valence-electron chi connectivity index (χ1n) is 12.6. The van der Waals surface area contributed by atoms with Gasteiger partial charge in [-0.1, -0.05) is 18.2 Å². The summed E-state index contributed by atoms with van der Waals surface area (Å²) in [6.45, 7) is 3.98. The van der Waals surface area contributed by atoms with Crippen LogP contribution in [0.15, 0.2) is 76.5 Å². The quantitative estimate of drug-likeness (QED) is 0.332. The van der Waals surface area contributed by atoms with Crippen LogP contribution in [-0.2, 0) is 27.7 Å². The Labute approximate surface area is 224 Å². The van der Waals surface area contributed by atoms with Crippen molar-refractivity contribution in [2.24, 2.45) is 0 Å². The zero-order valence-corrected chi connectivity index (χ0v) is 23.2. The number of carbonyl (C=O) groups is 1. The number of hydrogen-bond acceptors (Lipinski definition) is 5. The molecule has 0 heterocycles. The molecule has 8 heteroatoms. The highest BCUT2D eigenvalue weighted by atomic mass is 32.2. The molecule has 1 amide bonds. The van der Waals surface area contributed by atoms with Crippen LogP contribution < -0.4 is 14.4 Å². The number of amides is 1. The molecule has 0 spiro atoms. The molecule has 37 heavy (non-hydrogen) atoms. The van der Waals surface area contributed by atoms with Gasteiger partial charge in [-0.05, 0) is 111 Å². The number of anilines is 1. The third kappa shape index (κ3) is 6.48. The van der Waals surface area contributed by atoms with Crippen LogP contribution in [0.25, 0.3) is 0 Å². The maximum absolute atomic E-state index is 13.7. The van der Waals surface area contributed by atoms with Crippen LogP contribution >= 0.6 is 11.8 Å². The molecule has 6 nitrogen and oxygen atoms in total. The Bertz CT molecular complexity index is 1320. The minimum Gasteiger partial charge on any atom is -0.494 e. The monoisotopic (exact) mass is 538 g/mol. The van der Waals surface area contributed by atoms with E-state index in [1.165, 1.54) is 35.7 Å². The van der Waals surface area contributed by atoms with Crippen LogP contribution in [0.4, 0.5) is 5.69 Å². The van der Waals surface area contributed by atoms with Gasteiger partial charge < -0.3 is 10.1 Å². The van der Waals surface area contributed by atoms with Gasteiger partial charge in [-0.2, -0.15) is 0 Å². The molecule has 1 aliphatic carbocycles. The molecule has 1 N–H and O–H groups in total. The van der Waals surface area contributed by atoms with Crippen molar-refractivity contribution in [1.82, 2.24) is 5.32 Å². The number of nitrogens with one attached hydrogen (secondary N) is 1. The fourth-order valence-electron chi connectivity index (χ4n) is 4.59. The Kier molecular flexibility index (Phi) is 8.82. The minimum absolute atomic E-state index is 0.134. The highest BCUT2D eigenvalue weighted by Gasteiger charge is 2.28. The first-order chi connectivity index (χ1) is 17.8. The first kappa shape index (κ1) is 27.1. The topological polar surface area (TPSA) is 75.7 Å². The lowest BCUT2D eigenvalue weighted by molar-refractivity contribution is -0.120. The number of carbonyl (C=O) groups excluding carboxylic acids is 1. The second-order valence-electron chi connectivity index (χ2n) is 9.14. The smallest absolute Gasteiger partial charge is 0.264 e. The van der Waals surface area contributed by atoms with Gasteiger partial charge in [-0.25, -0.2) is 8.42 Å². The molecule has 0 saturated heterocycles. The number of hydrogen-bond donors (Lipinski definition) is 1. The third-order valence-electron chi connectivity index (χ3n) is 6.62. The molecule has 0 fully saturated rings. The van der Waals surface area contributed by atoms with Crippen LogP contribution in [0, 0.1) is 0 Å². The second kappa shape index (κ2) is 12.0. The number of nitrogens with zero attached hydrogens (tertiary/aromatic N) is 1. The molecule has 3 aromatic carbocycles. The summed E-state index contributed by atoms with van der Waals surface area (Å²) in [6, 6.07) is 19.6. The number of sulfonamides is 1. The third-order valence-corrected chi connectivity index (χ3v) is 9.15. The Morgan fingerprint density at radius 1 is 1.00 bits per heavy atom. The van der Waals surface area contributed by atoms with E-state index in [0.29, 0.717) is 18.0 Å². The van der Waals surface area contributed by atoms with Gasteiger partial charge in [0.1, 0.15) is 12.3 Å². The summed E-state index contributed by atoms with van der Waals surface area (Å²) in [4.78, 5) is 14.3. The van der Waals surface area contributed by atoms with E-state index in [1.807, 2.05) is 20.1 Å². The number of fused-ring (bicyclic) bond motifs is 1. The molecule has 0 aromatic heterocycles. The van der Waals surface area contributed by atoms with Gasteiger partial charge in [0, 0.05) is 4.90 Å². The molecule has 196 valence electrons. The zero-order chi connectivity index (χ0) is 26.4. The lowest BCUT2D eigenvalue weighted by Crippen LogP contribution is -2.41. The molecular formula is C29H34N2O4S2. The van der Waals surface area contributed by atoms with Crippen molar-refractivity contribution in [3.05, 3.63) is 83.4 Å². The standard InChI is InChI=1S/C29H34N2O4S2/c1-4-35-26-13-11-25(12-14-26)31(37(33,34)28-17-15-27(36-3)16-18-28)20-29(32)30-21(2)23-10-9-22-7-5-6-8-24(22)19-23/h9-19,21H,4-8,20H2,1-3H3,(H,30,32). The van der Waals surface area contributed by atoms with Crippen molar-refractivity contribution >= 4 is 33.4 Å². The van der Waals surface area contributed by atoms with E-state index in [9.17, 15) is 13.2 Å². The Hall–Kier alpha value is -2.97. The molecule has 1 atom stereocenters. The maximum Gasteiger partial charge on any atom is 0.264 e. The molecule has 4 rings (SSSR count). The Morgan fingerprint density at radius 2 is 1.68 bits per heavy atom. The average Bonchev–Trinajstić information content (AvgIpc) is 2.92. The van der Waals surface area contributed by atoms with Gasteiger partial charge in [0.2, 0.25) is 5.91 Å². The van der Waals surface area contributed by atoms with E-state index in [2.05, 4.69) is 23.5 Å². The molecule has 1 unspecified atom stereocenters. The summed E-state index contributed by atoms with van der Waals surface area (Å²) < 4.78 is 34.1. The van der Waals surface area contributed by atoms with E-state index in [1.54, 1.807) is 48.5 Å². The average molecular weight is 539 g/mol. The Balaban J connectivity index is 1.57. The summed E-state index contributed by atoms with van der Waals surface area (Å²) in [6.07, 6.45) is 6.49. The molecule has 3 aromatic rings. The summed E-state index contributed by atoms with van der Waals surface area (Å²) >= 11 is 1.54. The number of aryl methyl sites for hydroxylation is 2. The van der Waals surface area contributed by atoms with Gasteiger partial charge in [0.25, 0.3) is 10.0 Å². The lowest BCUT2D eigenvalue weighted by Gasteiger charge is -2.26. The van der Waals surface area contributed by atoms with Gasteiger partial charge in [0.05, 0.1) is 23.2 Å². The van der Waals surface area contributed by atoms with E-state index in [4.69, 9.17) is 4.74 Å². The van der Waals surface area contributed by atoms with Crippen molar-refractivity contribution in [1.29, 1.82) is 0 Å². The summed E-state index contributed by atoms with van der Waals surface area (Å²) in [7, 11) is -3.99. The highest BCUT2D eigenvalue weighted by molar-refractivity contribution is 7.98. The van der Waals surface area contributed by atoms with Crippen molar-refractivity contribution in [2.45, 2.75) is 55.4 Å². The van der Waals surface area contributed by atoms with Crippen LogP contribution in [0.3, 0.4) is 0 Å². The molecule has 0 saturated carbocycles. The van der Waals surface area contributed by atoms with Gasteiger partial charge in [0.15, 0.2) is 0 Å². The number of ether oxygens (including phenoxy) is 1. The fraction of sp³-hybridized carbons (Fsp3) is 0.345. The SMILES string of the molecule is CCOc1ccc(N(CC(=O)NC(C)c2ccc3c(c2)CCCC3)S(=O)(=O)c2ccc(SC)cc2)cc1. The number of thioether (sulfide) groups is 1. The van der Waals surface area contributed by atoms with Crippen molar-refractivity contribution in [2.75, 3.05) is 23.7 Å². The number of benzene rings is 3. The summed E-state index contributed by atoms with van der Waals surface area (Å²) in [5.41, 5.74) is 4.15. The maximum atomic E-state index is 13.7. The van der Waals surface area contributed by atoms with Crippen LogP contribution in [-0.4, -0.2) is 33.7 Å². The molecular weight excluding hydrogens is 504 g/mol. The molecule has 0 bridgehead atoms. The molecule has 0 radical (unpaired) electrons. The van der Waals surface area contributed by atoms with Gasteiger partial charge in [-0.15, -0.1) is 11.8 Å². The largest absolute Gasteiger partial charge is 0.494 e. The molecule has 1 aliphatic rings. The predicted octanol–water partition coefficient (Wildman–Crippen LogP) is 5.76. The molecule has 0 aliphatic heterocycles. The van der Waals surface area contributed by atoms with Gasteiger partial charge in [-0.3, -0.25) is 9.10 Å². The number of rotatable bonds is 10. The van der Waals surface area contributed by atoms with E-state index >= 15 is 0 Å². The Morgan fingerprint density at radius 3 is 2.32 bits per heavy atom. The lowest BCUT2D eigenvalue weighted by atomic mass is 9.89. The second-order valence-corrected chi connectivity index (χ2v) is 11.9. The van der Waals surface area contributed by atoms with E-state index in [-0.39, 0.29) is 23.4 Å². The summed E-state index contributed by atoms with van der Waals surface area (Å²) in [5, 5.41) is 3.00. The normalized spacial score (nSPS) is 13.9. The first-order valence-corrected chi connectivity index (χ1v) is 15.3. The van der Waals surface area contributed by atoms with Gasteiger partial charge >= 0.3 is 0 Å². The highest BCUT2D eigenvalue weighted by Crippen LogP contribution is 2.28. The van der Waals surface area contributed by atoms with Crippen molar-refractivity contribution in [3.8, 4) is 5.75 Å².